The van der Waals surface area contributed by atoms with E-state index >= 15 is 0 Å². The Morgan fingerprint density at radius 2 is 1.50 bits per heavy atom. The first kappa shape index (κ1) is 6.75. The number of thiol groups is 1. The van der Waals surface area contributed by atoms with E-state index in [0.29, 0.717) is 0 Å². The van der Waals surface area contributed by atoms with Gasteiger partial charge in [0.15, 0.2) is 0 Å². The first-order valence-corrected chi connectivity index (χ1v) is 4.78. The molecule has 0 saturated heterocycles. The minimum atomic E-state index is -0.659. The molecule has 0 aliphatic heterocycles. The van der Waals surface area contributed by atoms with Gasteiger partial charge in [0.1, 0.15) is 0 Å². The molecule has 0 aromatic rings. The fourth-order valence-corrected chi connectivity index (χ4v) is 0. The summed E-state index contributed by atoms with van der Waals surface area (Å²) in [5.41, 5.74) is 0. The molecular weight excluding hydrogens is 134 g/mol. The molecule has 0 N–H and O–H groups in total. The zero-order valence-electron chi connectivity index (χ0n) is 3.71. The number of nitrogens with zero attached hydrogens (tertiary/aromatic N) is 1. The highest BCUT2D eigenvalue weighted by molar-refractivity contribution is 8.45. The second-order valence-electron chi connectivity index (χ2n) is 1.09. The monoisotopic (exact) mass is 141 g/mol. The quantitative estimate of drug-likeness (QED) is 0.501. The SMILES string of the molecule is CN(C)[SH](=S)=S. The highest BCUT2D eigenvalue weighted by atomic mass is 33.1. The van der Waals surface area contributed by atoms with Gasteiger partial charge in [-0.05, 0) is 44.7 Å². The molecule has 38 valence electrons. The lowest BCUT2D eigenvalue weighted by Gasteiger charge is -1.97. The minimum absolute atomic E-state index is 0.659. The Morgan fingerprint density at radius 3 is 1.50 bits per heavy atom. The fraction of sp³-hybridized carbons (Fsp3) is 1.00. The highest BCUT2D eigenvalue weighted by Gasteiger charge is 1.73. The lowest BCUT2D eigenvalue weighted by atomic mass is 11.3. The molecule has 0 unspecified atom stereocenters. The Bertz CT molecular complexity index is 85.0. The van der Waals surface area contributed by atoms with Crippen molar-refractivity contribution in [2.45, 2.75) is 0 Å². The van der Waals surface area contributed by atoms with Crippen molar-refractivity contribution in [3.63, 3.8) is 0 Å². The van der Waals surface area contributed by atoms with Crippen LogP contribution in [0.5, 0.6) is 0 Å². The molecular formula is C2H7NS3. The summed E-state index contributed by atoms with van der Waals surface area (Å²) in [5, 5.41) is 0. The van der Waals surface area contributed by atoms with Crippen LogP contribution >= 0.6 is 0 Å². The molecule has 4 heteroatoms. The topological polar surface area (TPSA) is 3.24 Å². The van der Waals surface area contributed by atoms with E-state index in [0.717, 1.165) is 0 Å². The maximum atomic E-state index is 4.71. The van der Waals surface area contributed by atoms with Gasteiger partial charge < -0.3 is 0 Å². The van der Waals surface area contributed by atoms with Crippen LogP contribution < -0.4 is 0 Å². The summed E-state index contributed by atoms with van der Waals surface area (Å²) in [6.45, 7) is 0. The Morgan fingerprint density at radius 1 is 1.33 bits per heavy atom. The van der Waals surface area contributed by atoms with Crippen LogP contribution in [0.1, 0.15) is 0 Å². The Hall–Kier alpha value is 0.750. The number of hydrogen-bond donors (Lipinski definition) is 1. The van der Waals surface area contributed by atoms with Gasteiger partial charge in [-0.1, -0.05) is 0 Å². The van der Waals surface area contributed by atoms with Crippen molar-refractivity contribution in [1.82, 2.24) is 4.31 Å². The third-order valence-electron chi connectivity index (χ3n) is 0.327. The van der Waals surface area contributed by atoms with Crippen molar-refractivity contribution >= 4 is 30.6 Å². The van der Waals surface area contributed by atoms with E-state index in [9.17, 15) is 0 Å². The van der Waals surface area contributed by atoms with Crippen LogP contribution in [0.25, 0.3) is 0 Å². The third-order valence-corrected chi connectivity index (χ3v) is 2.94. The summed E-state index contributed by atoms with van der Waals surface area (Å²) in [7, 11) is 3.13. The zero-order valence-corrected chi connectivity index (χ0v) is 6.24. The summed E-state index contributed by atoms with van der Waals surface area (Å²) in [5.74, 6) is 0. The lowest BCUT2D eigenvalue weighted by Crippen LogP contribution is -2.05. The van der Waals surface area contributed by atoms with E-state index < -0.39 is 8.20 Å². The van der Waals surface area contributed by atoms with Gasteiger partial charge in [-0.2, -0.15) is 0 Å². The van der Waals surface area contributed by atoms with Crippen LogP contribution in [0, 0.1) is 0 Å². The first-order chi connectivity index (χ1) is 2.64. The van der Waals surface area contributed by atoms with Crippen molar-refractivity contribution < 1.29 is 0 Å². The van der Waals surface area contributed by atoms with E-state index in [2.05, 4.69) is 0 Å². The van der Waals surface area contributed by atoms with E-state index in [-0.39, 0.29) is 0 Å². The van der Waals surface area contributed by atoms with Gasteiger partial charge in [-0.25, -0.2) is 0 Å². The summed E-state index contributed by atoms with van der Waals surface area (Å²) in [6, 6.07) is 0. The van der Waals surface area contributed by atoms with Crippen LogP contribution in [0.3, 0.4) is 0 Å². The van der Waals surface area contributed by atoms with Gasteiger partial charge in [-0.15, -0.1) is 0 Å². The van der Waals surface area contributed by atoms with Crippen molar-refractivity contribution in [2.24, 2.45) is 0 Å². The number of hydrogen-bond acceptors (Lipinski definition) is 2. The standard InChI is InChI=1S/C2H7NS3/c1-3(2)6(4)5/h6H,1-2H3. The van der Waals surface area contributed by atoms with Crippen molar-refractivity contribution in [2.75, 3.05) is 14.1 Å². The van der Waals surface area contributed by atoms with Gasteiger partial charge in [0.05, 0.1) is 0 Å². The van der Waals surface area contributed by atoms with Gasteiger partial charge in [0, 0.05) is 0 Å². The molecule has 0 heterocycles. The predicted octanol–water partition coefficient (Wildman–Crippen LogP) is -0.263. The van der Waals surface area contributed by atoms with Gasteiger partial charge in [0.2, 0.25) is 0 Å². The van der Waals surface area contributed by atoms with Crippen LogP contribution in [-0.2, 0) is 30.6 Å². The highest BCUT2D eigenvalue weighted by Crippen LogP contribution is 1.68. The maximum Gasteiger partial charge on any atom is -0.00258 e. The van der Waals surface area contributed by atoms with Gasteiger partial charge >= 0.3 is 0 Å². The largest absolute Gasteiger partial charge is 0.253 e. The molecule has 0 rings (SSSR count). The second-order valence-corrected chi connectivity index (χ2v) is 5.13. The molecule has 0 aromatic heterocycles. The zero-order chi connectivity index (χ0) is 5.15. The second kappa shape index (κ2) is 2.85. The summed E-state index contributed by atoms with van der Waals surface area (Å²) >= 11 is 9.42. The molecule has 0 bridgehead atoms. The van der Waals surface area contributed by atoms with Gasteiger partial charge in [0.25, 0.3) is 0 Å². The summed E-state index contributed by atoms with van der Waals surface area (Å²) < 4.78 is 1.86. The van der Waals surface area contributed by atoms with E-state index in [4.69, 9.17) is 22.4 Å². The molecule has 0 aliphatic rings. The normalized spacial score (nSPS) is 10.7. The minimum Gasteiger partial charge on any atom is -0.253 e. The Balaban J connectivity index is 3.57. The molecule has 0 amide bonds. The summed E-state index contributed by atoms with van der Waals surface area (Å²) in [4.78, 5) is 0. The molecule has 0 aromatic carbocycles. The van der Waals surface area contributed by atoms with Gasteiger partial charge in [-0.3, -0.25) is 4.31 Å². The molecule has 1 nitrogen and oxygen atoms in total. The van der Waals surface area contributed by atoms with E-state index in [1.807, 2.05) is 18.4 Å². The average Bonchev–Trinajstić information content (AvgIpc) is 1.36. The number of rotatable bonds is 1. The molecule has 0 atom stereocenters. The predicted molar refractivity (Wildman–Crippen MR) is 37.2 cm³/mol. The molecule has 0 aliphatic carbocycles. The van der Waals surface area contributed by atoms with Crippen LogP contribution in [0.4, 0.5) is 0 Å². The first-order valence-electron chi connectivity index (χ1n) is 1.46. The molecule has 0 fully saturated rings. The van der Waals surface area contributed by atoms with E-state index in [1.165, 1.54) is 0 Å². The lowest BCUT2D eigenvalue weighted by molar-refractivity contribution is 0.708. The van der Waals surface area contributed by atoms with E-state index in [1.54, 1.807) is 0 Å². The molecule has 0 saturated carbocycles. The van der Waals surface area contributed by atoms with Crippen molar-refractivity contribution in [3.8, 4) is 0 Å². The smallest absolute Gasteiger partial charge is 0.00258 e. The third kappa shape index (κ3) is 2.96. The molecule has 0 radical (unpaired) electrons. The fourth-order valence-electron chi connectivity index (χ4n) is 0. The molecule has 0 spiro atoms. The van der Waals surface area contributed by atoms with Crippen LogP contribution in [0.2, 0.25) is 0 Å². The van der Waals surface area contributed by atoms with Crippen molar-refractivity contribution in [1.29, 1.82) is 0 Å². The summed E-state index contributed by atoms with van der Waals surface area (Å²) in [6.07, 6.45) is 0. The Labute approximate surface area is 49.3 Å². The van der Waals surface area contributed by atoms with Crippen LogP contribution in [-0.4, -0.2) is 18.4 Å². The van der Waals surface area contributed by atoms with Crippen molar-refractivity contribution in [3.05, 3.63) is 0 Å². The molecule has 6 heavy (non-hydrogen) atoms. The van der Waals surface area contributed by atoms with Crippen LogP contribution in [0.15, 0.2) is 0 Å². The maximum absolute atomic E-state index is 4.71. The Kier molecular flexibility index (Phi) is 3.20. The average molecular weight is 141 g/mol.